The van der Waals surface area contributed by atoms with Crippen molar-refractivity contribution >= 4 is 54.6 Å². The number of nitrogens with zero attached hydrogens (tertiary/aromatic N) is 3. The first kappa shape index (κ1) is 24.3. The highest BCUT2D eigenvalue weighted by Crippen LogP contribution is 2.41. The molecule has 7 rings (SSSR count). The summed E-state index contributed by atoms with van der Waals surface area (Å²) in [6, 6.07) is 18.0. The lowest BCUT2D eigenvalue weighted by atomic mass is 9.98. The van der Waals surface area contributed by atoms with Gasteiger partial charge in [0.2, 0.25) is 5.91 Å². The fourth-order valence-corrected chi connectivity index (χ4v) is 6.90. The van der Waals surface area contributed by atoms with Gasteiger partial charge in [-0.1, -0.05) is 18.2 Å². The van der Waals surface area contributed by atoms with E-state index in [1.54, 1.807) is 28.0 Å². The average Bonchev–Trinajstić information content (AvgIpc) is 3.36. The molecule has 1 atom stereocenters. The Morgan fingerprint density at radius 3 is 2.77 bits per heavy atom. The first-order valence-corrected chi connectivity index (χ1v) is 14.3. The van der Waals surface area contributed by atoms with Gasteiger partial charge in [-0.2, -0.15) is 0 Å². The summed E-state index contributed by atoms with van der Waals surface area (Å²) in [5, 5.41) is 8.68. The molecular weight excluding hydrogens is 510 g/mol. The summed E-state index contributed by atoms with van der Waals surface area (Å²) >= 11 is 1.72. The molecule has 5 heterocycles. The zero-order valence-electron chi connectivity index (χ0n) is 21.5. The standard InChI is InChI=1S/C30H29N5O3S/c36-27-17-26(34-12-14-38-15-13-34)33-29-23(7-3-11-35(27)29)21-5-1-6-22-24-16-20(8-9-25(24)39-28(21)22)32-30(37)19-4-2-10-31-18-19/h1,3,5-9,11,16-17,19,31H,2,4,10,12-15,18H2,(H,32,37). The Labute approximate surface area is 229 Å². The Kier molecular flexibility index (Phi) is 6.27. The van der Waals surface area contributed by atoms with Gasteiger partial charge in [0.15, 0.2) is 0 Å². The molecule has 9 heteroatoms. The molecule has 0 aliphatic carbocycles. The van der Waals surface area contributed by atoms with E-state index in [0.717, 1.165) is 62.9 Å². The van der Waals surface area contributed by atoms with Crippen molar-refractivity contribution in [2.24, 2.45) is 5.92 Å². The topological polar surface area (TPSA) is 88.0 Å². The minimum Gasteiger partial charge on any atom is -0.378 e. The van der Waals surface area contributed by atoms with Crippen LogP contribution in [0.15, 0.2) is 65.6 Å². The number of hydrogen-bond acceptors (Lipinski definition) is 7. The van der Waals surface area contributed by atoms with Crippen molar-refractivity contribution in [1.29, 1.82) is 0 Å². The number of nitrogens with one attached hydrogen (secondary N) is 2. The third kappa shape index (κ3) is 4.46. The molecule has 1 unspecified atom stereocenters. The van der Waals surface area contributed by atoms with Crippen molar-refractivity contribution in [2.75, 3.05) is 49.6 Å². The van der Waals surface area contributed by atoms with Crippen LogP contribution in [-0.4, -0.2) is 54.7 Å². The van der Waals surface area contributed by atoms with Gasteiger partial charge in [-0.25, -0.2) is 4.98 Å². The van der Waals surface area contributed by atoms with Crippen LogP contribution in [0.5, 0.6) is 0 Å². The Bertz CT molecular complexity index is 1770. The predicted molar refractivity (Wildman–Crippen MR) is 157 cm³/mol. The maximum absolute atomic E-state index is 13.1. The highest BCUT2D eigenvalue weighted by molar-refractivity contribution is 7.26. The number of piperidine rings is 1. The fourth-order valence-electron chi connectivity index (χ4n) is 5.69. The van der Waals surface area contributed by atoms with Gasteiger partial charge in [0, 0.05) is 68.9 Å². The predicted octanol–water partition coefficient (Wildman–Crippen LogP) is 4.50. The SMILES string of the molecule is O=C(Nc1ccc2sc3c(-c4cccn5c(=O)cc(N6CCOCC6)nc45)cccc3c2c1)C1CCCNC1. The van der Waals surface area contributed by atoms with E-state index >= 15 is 0 Å². The molecule has 2 fully saturated rings. The molecule has 3 aromatic heterocycles. The van der Waals surface area contributed by atoms with Crippen LogP contribution in [-0.2, 0) is 9.53 Å². The van der Waals surface area contributed by atoms with E-state index in [-0.39, 0.29) is 17.4 Å². The van der Waals surface area contributed by atoms with Crippen molar-refractivity contribution in [2.45, 2.75) is 12.8 Å². The maximum Gasteiger partial charge on any atom is 0.259 e. The van der Waals surface area contributed by atoms with Crippen molar-refractivity contribution in [3.63, 3.8) is 0 Å². The van der Waals surface area contributed by atoms with Crippen molar-refractivity contribution in [1.82, 2.24) is 14.7 Å². The number of ether oxygens (including phenoxy) is 1. The zero-order valence-corrected chi connectivity index (χ0v) is 22.3. The average molecular weight is 540 g/mol. The van der Waals surface area contributed by atoms with Crippen molar-refractivity contribution < 1.29 is 9.53 Å². The molecule has 0 spiro atoms. The quantitative estimate of drug-likeness (QED) is 0.350. The van der Waals surface area contributed by atoms with Crippen molar-refractivity contribution in [3.8, 4) is 11.1 Å². The molecule has 0 saturated carbocycles. The van der Waals surface area contributed by atoms with Gasteiger partial charge in [-0.15, -0.1) is 11.3 Å². The smallest absolute Gasteiger partial charge is 0.259 e. The van der Waals surface area contributed by atoms with Crippen LogP contribution in [0.2, 0.25) is 0 Å². The number of hydrogen-bond donors (Lipinski definition) is 2. The molecule has 2 saturated heterocycles. The lowest BCUT2D eigenvalue weighted by molar-refractivity contribution is -0.120. The van der Waals surface area contributed by atoms with Gasteiger partial charge >= 0.3 is 0 Å². The van der Waals surface area contributed by atoms with Crippen LogP contribution in [0.1, 0.15) is 12.8 Å². The molecule has 2 N–H and O–H groups in total. The molecular formula is C30H29N5O3S. The van der Waals surface area contributed by atoms with E-state index in [9.17, 15) is 9.59 Å². The lowest BCUT2D eigenvalue weighted by Crippen LogP contribution is -2.37. The number of amides is 1. The third-order valence-electron chi connectivity index (χ3n) is 7.73. The van der Waals surface area contributed by atoms with Crippen LogP contribution in [0.25, 0.3) is 36.9 Å². The number of carbonyl (C=O) groups excluding carboxylic acids is 1. The Balaban J connectivity index is 1.31. The van der Waals surface area contributed by atoms with Crippen LogP contribution in [0, 0.1) is 5.92 Å². The highest BCUT2D eigenvalue weighted by atomic mass is 32.1. The second kappa shape index (κ2) is 10.1. The number of aromatic nitrogens is 2. The summed E-state index contributed by atoms with van der Waals surface area (Å²) in [6.45, 7) is 4.40. The van der Waals surface area contributed by atoms with Crippen LogP contribution in [0.3, 0.4) is 0 Å². The van der Waals surface area contributed by atoms with Crippen molar-refractivity contribution in [3.05, 3.63) is 71.1 Å². The minimum absolute atomic E-state index is 0.00453. The highest BCUT2D eigenvalue weighted by Gasteiger charge is 2.22. The van der Waals surface area contributed by atoms with E-state index in [1.165, 1.54) is 0 Å². The number of fused-ring (bicyclic) bond motifs is 4. The van der Waals surface area contributed by atoms with E-state index in [0.29, 0.717) is 37.8 Å². The van der Waals surface area contributed by atoms with Gasteiger partial charge in [-0.3, -0.25) is 14.0 Å². The largest absolute Gasteiger partial charge is 0.378 e. The monoisotopic (exact) mass is 539 g/mol. The Morgan fingerprint density at radius 2 is 1.92 bits per heavy atom. The van der Waals surface area contributed by atoms with E-state index in [2.05, 4.69) is 45.9 Å². The summed E-state index contributed by atoms with van der Waals surface area (Å²) in [4.78, 5) is 33.0. The number of carbonyl (C=O) groups is 1. The lowest BCUT2D eigenvalue weighted by Gasteiger charge is -2.27. The number of rotatable bonds is 4. The van der Waals surface area contributed by atoms with Gasteiger partial charge in [0.25, 0.3) is 5.56 Å². The summed E-state index contributed by atoms with van der Waals surface area (Å²) < 4.78 is 9.39. The first-order chi connectivity index (χ1) is 19.2. The van der Waals surface area contributed by atoms with Gasteiger partial charge < -0.3 is 20.3 Å². The second-order valence-electron chi connectivity index (χ2n) is 10.2. The van der Waals surface area contributed by atoms with Crippen LogP contribution >= 0.6 is 11.3 Å². The molecule has 5 aromatic rings. The van der Waals surface area contributed by atoms with Gasteiger partial charge in [0.1, 0.15) is 11.5 Å². The fraction of sp³-hybridized carbons (Fsp3) is 0.300. The molecule has 0 radical (unpaired) electrons. The molecule has 8 nitrogen and oxygen atoms in total. The number of thiophene rings is 1. The normalized spacial score (nSPS) is 18.2. The van der Waals surface area contributed by atoms with Crippen LogP contribution in [0.4, 0.5) is 11.5 Å². The zero-order chi connectivity index (χ0) is 26.3. The maximum atomic E-state index is 13.1. The summed E-state index contributed by atoms with van der Waals surface area (Å²) in [5.74, 6) is 0.767. The van der Waals surface area contributed by atoms with Crippen LogP contribution < -0.4 is 21.1 Å². The molecule has 39 heavy (non-hydrogen) atoms. The number of benzene rings is 2. The first-order valence-electron chi connectivity index (χ1n) is 13.5. The Morgan fingerprint density at radius 1 is 1.05 bits per heavy atom. The molecule has 2 aliphatic rings. The number of pyridine rings is 1. The second-order valence-corrected chi connectivity index (χ2v) is 11.2. The summed E-state index contributed by atoms with van der Waals surface area (Å²) in [6.07, 6.45) is 3.72. The molecule has 198 valence electrons. The third-order valence-corrected chi connectivity index (χ3v) is 8.95. The summed E-state index contributed by atoms with van der Waals surface area (Å²) in [5.41, 5.74) is 3.32. The molecule has 2 aliphatic heterocycles. The molecule has 2 aromatic carbocycles. The number of anilines is 2. The minimum atomic E-state index is -0.0968. The molecule has 0 bridgehead atoms. The summed E-state index contributed by atoms with van der Waals surface area (Å²) in [7, 11) is 0. The van der Waals surface area contributed by atoms with E-state index < -0.39 is 0 Å². The molecule has 1 amide bonds. The Hall–Kier alpha value is -3.79. The van der Waals surface area contributed by atoms with E-state index in [4.69, 9.17) is 9.72 Å². The van der Waals surface area contributed by atoms with Gasteiger partial charge in [-0.05, 0) is 49.7 Å². The van der Waals surface area contributed by atoms with Gasteiger partial charge in [0.05, 0.1) is 19.1 Å². The number of morpholine rings is 1. The van der Waals surface area contributed by atoms with E-state index in [1.807, 2.05) is 18.2 Å².